The number of nitrogens with one attached hydrogen (secondary N) is 1. The van der Waals surface area contributed by atoms with Crippen LogP contribution >= 0.6 is 0 Å². The summed E-state index contributed by atoms with van der Waals surface area (Å²) >= 11 is 0. The molecule has 29 heavy (non-hydrogen) atoms. The van der Waals surface area contributed by atoms with Crippen molar-refractivity contribution in [2.45, 2.75) is 29.7 Å². The minimum absolute atomic E-state index is 0.0591. The van der Waals surface area contributed by atoms with Crippen LogP contribution in [0.25, 0.3) is 0 Å². The predicted octanol–water partition coefficient (Wildman–Crippen LogP) is 2.48. The maximum Gasteiger partial charge on any atom is 0.243 e. The van der Waals surface area contributed by atoms with Crippen LogP contribution in [-0.4, -0.2) is 57.2 Å². The number of fused-ring (bicyclic) bond motifs is 3. The Morgan fingerprint density at radius 3 is 2.72 bits per heavy atom. The lowest BCUT2D eigenvalue weighted by molar-refractivity contribution is -0.115. The molecule has 0 aromatic heterocycles. The average Bonchev–Trinajstić information content (AvgIpc) is 3.03. The zero-order valence-electron chi connectivity index (χ0n) is 16.3. The van der Waals surface area contributed by atoms with Gasteiger partial charge >= 0.3 is 0 Å². The third-order valence-electron chi connectivity index (χ3n) is 6.39. The molecule has 7 heteroatoms. The molecule has 1 amide bonds. The Morgan fingerprint density at radius 2 is 1.90 bits per heavy atom. The minimum Gasteiger partial charge on any atom is -0.357 e. The van der Waals surface area contributed by atoms with Crippen molar-refractivity contribution in [3.63, 3.8) is 0 Å². The van der Waals surface area contributed by atoms with Gasteiger partial charge in [-0.3, -0.25) is 4.79 Å². The highest BCUT2D eigenvalue weighted by molar-refractivity contribution is 7.91. The number of carbonyl (C=O) groups is 1. The van der Waals surface area contributed by atoms with Crippen LogP contribution in [-0.2, 0) is 14.6 Å². The van der Waals surface area contributed by atoms with Crippen LogP contribution in [0.1, 0.15) is 24.3 Å². The molecule has 1 saturated heterocycles. The summed E-state index contributed by atoms with van der Waals surface area (Å²) < 4.78 is 25.0. The summed E-state index contributed by atoms with van der Waals surface area (Å²) in [6, 6.07) is 15.2. The first kappa shape index (κ1) is 18.6. The number of hydrogen-bond acceptors (Lipinski definition) is 5. The van der Waals surface area contributed by atoms with E-state index < -0.39 is 9.84 Å². The maximum atomic E-state index is 12.5. The Bertz CT molecular complexity index is 1040. The second-order valence-corrected chi connectivity index (χ2v) is 10.3. The highest BCUT2D eigenvalue weighted by Gasteiger charge is 2.45. The molecule has 2 aromatic rings. The van der Waals surface area contributed by atoms with E-state index in [1.807, 2.05) is 18.2 Å². The van der Waals surface area contributed by atoms with Crippen LogP contribution in [0.15, 0.2) is 53.4 Å². The van der Waals surface area contributed by atoms with Crippen LogP contribution in [0.2, 0.25) is 0 Å². The van der Waals surface area contributed by atoms with Gasteiger partial charge in [-0.1, -0.05) is 30.3 Å². The van der Waals surface area contributed by atoms with Crippen LogP contribution in [0.5, 0.6) is 0 Å². The van der Waals surface area contributed by atoms with E-state index in [-0.39, 0.29) is 11.7 Å². The van der Waals surface area contributed by atoms with Crippen molar-refractivity contribution in [1.82, 2.24) is 4.90 Å². The zero-order chi connectivity index (χ0) is 20.0. The molecule has 0 aliphatic carbocycles. The van der Waals surface area contributed by atoms with Crippen LogP contribution in [0.3, 0.4) is 0 Å². The molecule has 0 spiro atoms. The second-order valence-electron chi connectivity index (χ2n) is 8.17. The minimum atomic E-state index is -3.22. The van der Waals surface area contributed by atoms with E-state index in [9.17, 15) is 13.2 Å². The smallest absolute Gasteiger partial charge is 0.243 e. The molecule has 2 atom stereocenters. The lowest BCUT2D eigenvalue weighted by atomic mass is 9.89. The van der Waals surface area contributed by atoms with Gasteiger partial charge in [0.15, 0.2) is 9.84 Å². The molecular formula is C22H25N3O3S. The first-order valence-corrected chi connectivity index (χ1v) is 11.9. The third kappa shape index (κ3) is 3.32. The molecule has 6 nitrogen and oxygen atoms in total. The molecule has 0 bridgehead atoms. The molecule has 0 saturated carbocycles. The number of hydrogen-bond donors (Lipinski definition) is 1. The number of likely N-dealkylation sites (tertiary alicyclic amines) is 1. The van der Waals surface area contributed by atoms with Crippen molar-refractivity contribution < 1.29 is 13.2 Å². The van der Waals surface area contributed by atoms with Crippen molar-refractivity contribution in [1.29, 1.82) is 0 Å². The van der Waals surface area contributed by atoms with E-state index >= 15 is 0 Å². The number of piperidine rings is 1. The lowest BCUT2D eigenvalue weighted by Crippen LogP contribution is -2.49. The fourth-order valence-electron chi connectivity index (χ4n) is 5.10. The largest absolute Gasteiger partial charge is 0.357 e. The van der Waals surface area contributed by atoms with E-state index in [0.717, 1.165) is 31.7 Å². The number of rotatable bonds is 5. The van der Waals surface area contributed by atoms with E-state index in [4.69, 9.17) is 0 Å². The van der Waals surface area contributed by atoms with Crippen LogP contribution < -0.4 is 10.2 Å². The van der Waals surface area contributed by atoms with Gasteiger partial charge in [0.2, 0.25) is 5.91 Å². The Balaban J connectivity index is 1.26. The van der Waals surface area contributed by atoms with Crippen LogP contribution in [0, 0.1) is 0 Å². The molecule has 0 radical (unpaired) electrons. The fraction of sp³-hybridized carbons (Fsp3) is 0.409. The molecule has 152 valence electrons. The second kappa shape index (κ2) is 7.15. The summed E-state index contributed by atoms with van der Waals surface area (Å²) in [7, 11) is -3.22. The monoisotopic (exact) mass is 411 g/mol. The standard InChI is InChI=1S/C22H25N3O3S/c26-21-15-25-20-10-12-24(11-5-13-29(27,28)16-6-2-1-3-7-16)14-18(20)17-8-4-9-19(23-21)22(17)25/h1-4,6-9,18,20H,5,10-15H2,(H,23,26)/t18-,20-/m0/s1. The SMILES string of the molecule is O=C1CN2c3c(cccc3[C@@H]3CN(CCCS(=O)(=O)c4ccccc4)CC[C@@H]32)N1. The summed E-state index contributed by atoms with van der Waals surface area (Å²) in [6.45, 7) is 3.06. The Morgan fingerprint density at radius 1 is 1.07 bits per heavy atom. The molecule has 3 aliphatic rings. The molecule has 3 aliphatic heterocycles. The Kier molecular flexibility index (Phi) is 4.59. The summed E-state index contributed by atoms with van der Waals surface area (Å²) in [5, 5.41) is 3.00. The van der Waals surface area contributed by atoms with Gasteiger partial charge in [-0.25, -0.2) is 8.42 Å². The van der Waals surface area contributed by atoms with Crippen molar-refractivity contribution in [2.24, 2.45) is 0 Å². The lowest BCUT2D eigenvalue weighted by Gasteiger charge is -2.39. The summed E-state index contributed by atoms with van der Waals surface area (Å²) in [6.07, 6.45) is 1.63. The molecular weight excluding hydrogens is 386 g/mol. The molecule has 5 rings (SSSR count). The Hall–Kier alpha value is -2.38. The number of amides is 1. The average molecular weight is 412 g/mol. The maximum absolute atomic E-state index is 12.5. The van der Waals surface area contributed by atoms with Gasteiger partial charge in [0.1, 0.15) is 0 Å². The number of carbonyl (C=O) groups excluding carboxylic acids is 1. The highest BCUT2D eigenvalue weighted by atomic mass is 32.2. The summed E-state index contributed by atoms with van der Waals surface area (Å²) in [5.74, 6) is 0.605. The first-order chi connectivity index (χ1) is 14.0. The van der Waals surface area contributed by atoms with Gasteiger partial charge in [-0.15, -0.1) is 0 Å². The van der Waals surface area contributed by atoms with Crippen molar-refractivity contribution in [2.75, 3.05) is 42.1 Å². The van der Waals surface area contributed by atoms with E-state index in [1.54, 1.807) is 24.3 Å². The van der Waals surface area contributed by atoms with Crippen molar-refractivity contribution in [3.05, 3.63) is 54.1 Å². The van der Waals surface area contributed by atoms with Gasteiger partial charge in [0, 0.05) is 25.0 Å². The van der Waals surface area contributed by atoms with E-state index in [0.29, 0.717) is 29.8 Å². The van der Waals surface area contributed by atoms with Gasteiger partial charge < -0.3 is 15.1 Å². The summed E-state index contributed by atoms with van der Waals surface area (Å²) in [4.78, 5) is 17.2. The molecule has 2 aromatic carbocycles. The molecule has 1 fully saturated rings. The van der Waals surface area contributed by atoms with E-state index in [1.165, 1.54) is 11.3 Å². The van der Waals surface area contributed by atoms with Crippen LogP contribution in [0.4, 0.5) is 11.4 Å². The van der Waals surface area contributed by atoms with E-state index in [2.05, 4.69) is 21.2 Å². The number of para-hydroxylation sites is 1. The number of anilines is 2. The zero-order valence-corrected chi connectivity index (χ0v) is 17.1. The van der Waals surface area contributed by atoms with Gasteiger partial charge in [-0.05, 0) is 43.1 Å². The molecule has 0 unspecified atom stereocenters. The normalized spacial score (nSPS) is 23.4. The predicted molar refractivity (Wildman–Crippen MR) is 113 cm³/mol. The van der Waals surface area contributed by atoms with Gasteiger partial charge in [0.05, 0.1) is 28.6 Å². The fourth-order valence-corrected chi connectivity index (χ4v) is 6.42. The highest BCUT2D eigenvalue weighted by Crippen LogP contribution is 2.49. The number of sulfone groups is 1. The van der Waals surface area contributed by atoms with Crippen molar-refractivity contribution in [3.8, 4) is 0 Å². The third-order valence-corrected chi connectivity index (χ3v) is 8.21. The Labute approximate surface area is 171 Å². The molecule has 1 N–H and O–H groups in total. The van der Waals surface area contributed by atoms with Gasteiger partial charge in [0.25, 0.3) is 0 Å². The number of benzene rings is 2. The quantitative estimate of drug-likeness (QED) is 0.819. The molecule has 3 heterocycles. The topological polar surface area (TPSA) is 69.7 Å². The first-order valence-electron chi connectivity index (χ1n) is 10.2. The number of nitrogens with zero attached hydrogens (tertiary/aromatic N) is 2. The summed E-state index contributed by atoms with van der Waals surface area (Å²) in [5.41, 5.74) is 3.43. The van der Waals surface area contributed by atoms with Crippen molar-refractivity contribution >= 4 is 27.1 Å². The van der Waals surface area contributed by atoms with Gasteiger partial charge in [-0.2, -0.15) is 0 Å².